The second kappa shape index (κ2) is 5.71. The highest BCUT2D eigenvalue weighted by molar-refractivity contribution is 7.89. The highest BCUT2D eigenvalue weighted by Crippen LogP contribution is 2.37. The molecule has 2 rings (SSSR count). The van der Waals surface area contributed by atoms with Gasteiger partial charge in [0.05, 0.1) is 4.90 Å². The molecule has 0 radical (unpaired) electrons. The van der Waals surface area contributed by atoms with Gasteiger partial charge in [0, 0.05) is 19.1 Å². The van der Waals surface area contributed by atoms with Gasteiger partial charge in [-0.25, -0.2) is 8.42 Å². The summed E-state index contributed by atoms with van der Waals surface area (Å²) in [4.78, 5) is 2.60. The number of hydrogen-bond acceptors (Lipinski definition) is 3. The van der Waals surface area contributed by atoms with E-state index in [1.54, 1.807) is 13.1 Å². The van der Waals surface area contributed by atoms with Gasteiger partial charge in [-0.05, 0) is 64.4 Å². The molecule has 5 heteroatoms. The first-order valence-corrected chi connectivity index (χ1v) is 8.84. The van der Waals surface area contributed by atoms with Gasteiger partial charge in [-0.1, -0.05) is 12.1 Å². The van der Waals surface area contributed by atoms with Crippen molar-refractivity contribution in [1.29, 1.82) is 0 Å². The zero-order valence-corrected chi connectivity index (χ0v) is 14.5. The van der Waals surface area contributed by atoms with Gasteiger partial charge in [0.1, 0.15) is 0 Å². The van der Waals surface area contributed by atoms with Crippen LogP contribution in [0, 0.1) is 13.8 Å². The van der Waals surface area contributed by atoms with Crippen molar-refractivity contribution in [2.24, 2.45) is 0 Å². The van der Waals surface area contributed by atoms with E-state index in [-0.39, 0.29) is 5.54 Å². The van der Waals surface area contributed by atoms with Gasteiger partial charge in [0.2, 0.25) is 10.0 Å². The molecule has 0 aromatic heterocycles. The molecule has 1 aromatic carbocycles. The van der Waals surface area contributed by atoms with Crippen LogP contribution in [0.3, 0.4) is 0 Å². The first-order valence-electron chi connectivity index (χ1n) is 7.40. The molecular formula is C16H26N2O2S. The molecule has 118 valence electrons. The normalized spacial score (nSPS) is 18.0. The highest BCUT2D eigenvalue weighted by atomic mass is 32.2. The van der Waals surface area contributed by atoms with Crippen molar-refractivity contribution < 1.29 is 8.42 Å². The van der Waals surface area contributed by atoms with Crippen LogP contribution in [0.15, 0.2) is 23.1 Å². The summed E-state index contributed by atoms with van der Waals surface area (Å²) >= 11 is 0. The Balaban J connectivity index is 2.29. The van der Waals surface area contributed by atoms with E-state index in [1.165, 1.54) is 10.7 Å². The van der Waals surface area contributed by atoms with Gasteiger partial charge in [0.25, 0.3) is 0 Å². The van der Waals surface area contributed by atoms with Gasteiger partial charge in [-0.15, -0.1) is 0 Å². The molecule has 1 saturated carbocycles. The fourth-order valence-electron chi connectivity index (χ4n) is 2.98. The number of aryl methyl sites for hydroxylation is 2. The van der Waals surface area contributed by atoms with Gasteiger partial charge >= 0.3 is 0 Å². The lowest BCUT2D eigenvalue weighted by atomic mass is 9.75. The maximum atomic E-state index is 12.9. The Kier molecular flexibility index (Phi) is 4.47. The molecule has 0 bridgehead atoms. The van der Waals surface area contributed by atoms with Crippen molar-refractivity contribution in [1.82, 2.24) is 9.21 Å². The smallest absolute Gasteiger partial charge is 0.243 e. The van der Waals surface area contributed by atoms with E-state index in [0.29, 0.717) is 11.4 Å². The number of nitrogens with zero attached hydrogens (tertiary/aromatic N) is 2. The second-order valence-electron chi connectivity index (χ2n) is 6.50. The lowest BCUT2D eigenvalue weighted by molar-refractivity contribution is 0.0455. The minimum atomic E-state index is -3.43. The minimum absolute atomic E-state index is 0.000447. The van der Waals surface area contributed by atoms with E-state index in [2.05, 4.69) is 4.90 Å². The quantitative estimate of drug-likeness (QED) is 0.838. The Bertz CT molecular complexity index is 619. The molecule has 4 nitrogen and oxygen atoms in total. The summed E-state index contributed by atoms with van der Waals surface area (Å²) in [5.74, 6) is 0. The maximum Gasteiger partial charge on any atom is 0.243 e. The van der Waals surface area contributed by atoms with Gasteiger partial charge in [-0.2, -0.15) is 4.31 Å². The molecule has 1 aliphatic rings. The van der Waals surface area contributed by atoms with Crippen molar-refractivity contribution >= 4 is 10.0 Å². The van der Waals surface area contributed by atoms with Crippen LogP contribution in [0.25, 0.3) is 0 Å². The van der Waals surface area contributed by atoms with Crippen molar-refractivity contribution in [3.05, 3.63) is 29.3 Å². The first kappa shape index (κ1) is 16.5. The number of likely N-dealkylation sites (N-methyl/N-ethyl adjacent to an activating group) is 2. The van der Waals surface area contributed by atoms with Crippen molar-refractivity contribution in [3.8, 4) is 0 Å². The average molecular weight is 310 g/mol. The Morgan fingerprint density at radius 2 is 1.76 bits per heavy atom. The summed E-state index contributed by atoms with van der Waals surface area (Å²) in [5, 5.41) is 0. The molecular weight excluding hydrogens is 284 g/mol. The highest BCUT2D eigenvalue weighted by Gasteiger charge is 2.42. The fourth-order valence-corrected chi connectivity index (χ4v) is 4.54. The monoisotopic (exact) mass is 310 g/mol. The Morgan fingerprint density at radius 1 is 1.14 bits per heavy atom. The summed E-state index contributed by atoms with van der Waals surface area (Å²) in [5.41, 5.74) is 1.78. The Labute approximate surface area is 128 Å². The van der Waals surface area contributed by atoms with Crippen molar-refractivity contribution in [2.45, 2.75) is 43.5 Å². The number of benzene rings is 1. The van der Waals surface area contributed by atoms with Crippen LogP contribution in [0.4, 0.5) is 0 Å². The zero-order valence-electron chi connectivity index (χ0n) is 13.7. The van der Waals surface area contributed by atoms with Crippen LogP contribution < -0.4 is 0 Å². The van der Waals surface area contributed by atoms with Crippen LogP contribution in [0.1, 0.15) is 30.4 Å². The third kappa shape index (κ3) is 3.00. The van der Waals surface area contributed by atoms with E-state index in [1.807, 2.05) is 40.1 Å². The number of hydrogen-bond donors (Lipinski definition) is 0. The Morgan fingerprint density at radius 3 is 2.24 bits per heavy atom. The lowest BCUT2D eigenvalue weighted by Crippen LogP contribution is -2.57. The van der Waals surface area contributed by atoms with Crippen LogP contribution in [0.5, 0.6) is 0 Å². The molecule has 0 unspecified atom stereocenters. The van der Waals surface area contributed by atoms with E-state index < -0.39 is 10.0 Å². The fraction of sp³-hybridized carbons (Fsp3) is 0.625. The van der Waals surface area contributed by atoms with E-state index in [4.69, 9.17) is 0 Å². The number of sulfonamides is 1. The molecule has 0 spiro atoms. The summed E-state index contributed by atoms with van der Waals surface area (Å²) < 4.78 is 27.2. The first-order chi connectivity index (χ1) is 9.69. The Hall–Kier alpha value is -0.910. The molecule has 1 aliphatic carbocycles. The van der Waals surface area contributed by atoms with Gasteiger partial charge < -0.3 is 4.90 Å². The van der Waals surface area contributed by atoms with Crippen LogP contribution in [0.2, 0.25) is 0 Å². The maximum absolute atomic E-state index is 12.9. The molecule has 1 aromatic rings. The van der Waals surface area contributed by atoms with Gasteiger partial charge in [-0.3, -0.25) is 0 Å². The molecule has 0 aliphatic heterocycles. The van der Waals surface area contributed by atoms with E-state index in [9.17, 15) is 8.42 Å². The average Bonchev–Trinajstić information content (AvgIpc) is 2.35. The molecule has 0 atom stereocenters. The third-order valence-corrected chi connectivity index (χ3v) is 6.73. The van der Waals surface area contributed by atoms with Gasteiger partial charge in [0.15, 0.2) is 0 Å². The van der Waals surface area contributed by atoms with E-state index in [0.717, 1.165) is 24.0 Å². The topological polar surface area (TPSA) is 40.6 Å². The van der Waals surface area contributed by atoms with Crippen molar-refractivity contribution in [3.63, 3.8) is 0 Å². The SMILES string of the molecule is Cc1ccc(C)c(S(=O)(=O)N(C)CC2(N(C)C)CCC2)c1. The predicted molar refractivity (Wildman–Crippen MR) is 86.0 cm³/mol. The third-order valence-electron chi connectivity index (χ3n) is 4.78. The van der Waals surface area contributed by atoms with Crippen LogP contribution >= 0.6 is 0 Å². The van der Waals surface area contributed by atoms with E-state index >= 15 is 0 Å². The second-order valence-corrected chi connectivity index (χ2v) is 8.52. The molecule has 0 heterocycles. The molecule has 0 saturated heterocycles. The summed E-state index contributed by atoms with van der Waals surface area (Å²) in [6.07, 6.45) is 3.30. The zero-order chi connectivity index (χ0) is 15.8. The molecule has 0 N–H and O–H groups in total. The molecule has 0 amide bonds. The summed E-state index contributed by atoms with van der Waals surface area (Å²) in [6.45, 7) is 4.33. The predicted octanol–water partition coefficient (Wildman–Crippen LogP) is 2.41. The minimum Gasteiger partial charge on any atom is -0.302 e. The lowest BCUT2D eigenvalue weighted by Gasteiger charge is -2.49. The van der Waals surface area contributed by atoms with Crippen LogP contribution in [-0.4, -0.2) is 50.8 Å². The summed E-state index contributed by atoms with van der Waals surface area (Å²) in [6, 6.07) is 5.59. The molecule has 1 fully saturated rings. The molecule has 21 heavy (non-hydrogen) atoms. The van der Waals surface area contributed by atoms with Crippen LogP contribution in [-0.2, 0) is 10.0 Å². The largest absolute Gasteiger partial charge is 0.302 e. The van der Waals surface area contributed by atoms with Crippen molar-refractivity contribution in [2.75, 3.05) is 27.7 Å². The number of rotatable bonds is 5. The summed E-state index contributed by atoms with van der Waals surface area (Å²) in [7, 11) is 2.35. The standard InChI is InChI=1S/C16H26N2O2S/c1-13-7-8-14(2)15(11-13)21(19,20)18(5)12-16(17(3)4)9-6-10-16/h7-8,11H,6,9-10,12H2,1-5H3.